The Balaban J connectivity index is 1.68. The summed E-state index contributed by atoms with van der Waals surface area (Å²) in [6.45, 7) is 0.289. The monoisotopic (exact) mass is 343 g/mol. The second kappa shape index (κ2) is 5.77. The molecule has 4 rings (SSSR count). The van der Waals surface area contributed by atoms with E-state index in [0.717, 1.165) is 20.9 Å². The van der Waals surface area contributed by atoms with Gasteiger partial charge in [-0.1, -0.05) is 6.07 Å². The number of aliphatic hydroxyl groups is 1. The van der Waals surface area contributed by atoms with Gasteiger partial charge in [0, 0.05) is 10.4 Å². The first-order chi connectivity index (χ1) is 11.3. The van der Waals surface area contributed by atoms with E-state index in [1.807, 2.05) is 29.0 Å². The van der Waals surface area contributed by atoms with Crippen LogP contribution in [-0.4, -0.2) is 21.6 Å². The van der Waals surface area contributed by atoms with Crippen LogP contribution in [0.4, 0.5) is 5.82 Å². The van der Waals surface area contributed by atoms with Gasteiger partial charge >= 0.3 is 0 Å². The van der Waals surface area contributed by atoms with Crippen molar-refractivity contribution in [2.45, 2.75) is 5.60 Å². The van der Waals surface area contributed by atoms with Crippen molar-refractivity contribution in [2.24, 2.45) is 0 Å². The lowest BCUT2D eigenvalue weighted by atomic mass is 9.94. The molecule has 7 heteroatoms. The Morgan fingerprint density at radius 1 is 1.17 bits per heavy atom. The molecule has 0 saturated carbocycles. The molecule has 0 aliphatic carbocycles. The molecule has 0 bridgehead atoms. The van der Waals surface area contributed by atoms with Gasteiger partial charge in [-0.3, -0.25) is 0 Å². The van der Waals surface area contributed by atoms with Crippen LogP contribution in [0, 0.1) is 0 Å². The van der Waals surface area contributed by atoms with Gasteiger partial charge in [-0.05, 0) is 29.0 Å². The quantitative estimate of drug-likeness (QED) is 0.578. The molecule has 0 saturated heterocycles. The van der Waals surface area contributed by atoms with E-state index < -0.39 is 5.60 Å². The lowest BCUT2D eigenvalue weighted by Gasteiger charge is -2.26. The molecule has 5 nitrogen and oxygen atoms in total. The van der Waals surface area contributed by atoms with Crippen molar-refractivity contribution in [1.29, 1.82) is 0 Å². The standard InChI is InChI=1S/C16H13N3O2S2/c20-16(11-3-5-21-8-11,13-2-1-6-22-13)9-17-15-14-12(4-7-23-14)18-10-19-15/h1-8,10,20H,9H2,(H,17,18,19). The number of nitrogens with zero attached hydrogens (tertiary/aromatic N) is 2. The fourth-order valence-corrected chi connectivity index (χ4v) is 4.13. The van der Waals surface area contributed by atoms with E-state index in [0.29, 0.717) is 5.56 Å². The summed E-state index contributed by atoms with van der Waals surface area (Å²) in [5, 5.41) is 18.5. The van der Waals surface area contributed by atoms with E-state index in [-0.39, 0.29) is 6.54 Å². The zero-order chi connectivity index (χ0) is 15.7. The fraction of sp³-hybridized carbons (Fsp3) is 0.125. The number of thiophene rings is 2. The highest BCUT2D eigenvalue weighted by Crippen LogP contribution is 2.34. The van der Waals surface area contributed by atoms with Crippen LogP contribution in [0.1, 0.15) is 10.4 Å². The Morgan fingerprint density at radius 2 is 2.13 bits per heavy atom. The maximum atomic E-state index is 11.3. The first-order valence-electron chi connectivity index (χ1n) is 6.98. The van der Waals surface area contributed by atoms with Crippen LogP contribution in [-0.2, 0) is 5.60 Å². The number of fused-ring (bicyclic) bond motifs is 1. The third-order valence-corrected chi connectivity index (χ3v) is 5.61. The van der Waals surface area contributed by atoms with Crippen LogP contribution in [0.5, 0.6) is 0 Å². The fourth-order valence-electron chi connectivity index (χ4n) is 2.47. The first-order valence-corrected chi connectivity index (χ1v) is 8.74. The van der Waals surface area contributed by atoms with E-state index >= 15 is 0 Å². The molecule has 0 fully saturated rings. The van der Waals surface area contributed by atoms with Crippen molar-refractivity contribution in [3.05, 3.63) is 64.3 Å². The second-order valence-electron chi connectivity index (χ2n) is 5.06. The van der Waals surface area contributed by atoms with E-state index in [9.17, 15) is 5.11 Å². The minimum atomic E-state index is -1.17. The van der Waals surface area contributed by atoms with Crippen molar-refractivity contribution < 1.29 is 9.52 Å². The number of anilines is 1. The molecule has 1 atom stereocenters. The van der Waals surface area contributed by atoms with Crippen LogP contribution in [0.15, 0.2) is 58.3 Å². The van der Waals surface area contributed by atoms with E-state index in [4.69, 9.17) is 4.42 Å². The molecular formula is C16H13N3O2S2. The van der Waals surface area contributed by atoms with Gasteiger partial charge in [0.15, 0.2) is 0 Å². The van der Waals surface area contributed by atoms with Crippen LogP contribution in [0.25, 0.3) is 10.2 Å². The Morgan fingerprint density at radius 3 is 2.91 bits per heavy atom. The second-order valence-corrected chi connectivity index (χ2v) is 6.92. The molecule has 23 heavy (non-hydrogen) atoms. The average Bonchev–Trinajstić information content (AvgIpc) is 3.34. The summed E-state index contributed by atoms with van der Waals surface area (Å²) in [6.07, 6.45) is 4.66. The summed E-state index contributed by atoms with van der Waals surface area (Å²) in [7, 11) is 0. The minimum absolute atomic E-state index is 0.289. The number of aromatic nitrogens is 2. The maximum absolute atomic E-state index is 11.3. The molecule has 0 aliphatic rings. The molecule has 0 spiro atoms. The minimum Gasteiger partial charge on any atom is -0.472 e. The van der Waals surface area contributed by atoms with E-state index in [1.54, 1.807) is 29.9 Å². The number of hydrogen-bond donors (Lipinski definition) is 2. The summed E-state index contributed by atoms with van der Waals surface area (Å²) < 4.78 is 6.14. The van der Waals surface area contributed by atoms with Crippen LogP contribution < -0.4 is 5.32 Å². The van der Waals surface area contributed by atoms with Crippen molar-refractivity contribution in [2.75, 3.05) is 11.9 Å². The van der Waals surface area contributed by atoms with Gasteiger partial charge < -0.3 is 14.8 Å². The third kappa shape index (κ3) is 2.52. The van der Waals surface area contributed by atoms with Crippen LogP contribution in [0.2, 0.25) is 0 Å². The molecule has 4 heterocycles. The topological polar surface area (TPSA) is 71.2 Å². The van der Waals surface area contributed by atoms with Gasteiger partial charge in [-0.25, -0.2) is 9.97 Å². The highest BCUT2D eigenvalue weighted by Gasteiger charge is 2.34. The Labute approximate surface area is 140 Å². The number of rotatable bonds is 5. The number of furan rings is 1. The van der Waals surface area contributed by atoms with E-state index in [2.05, 4.69) is 15.3 Å². The largest absolute Gasteiger partial charge is 0.472 e. The normalized spacial score (nSPS) is 14.0. The third-order valence-electron chi connectivity index (χ3n) is 3.68. The van der Waals surface area contributed by atoms with Gasteiger partial charge in [0.2, 0.25) is 0 Å². The van der Waals surface area contributed by atoms with Crippen LogP contribution >= 0.6 is 22.7 Å². The van der Waals surface area contributed by atoms with E-state index in [1.165, 1.54) is 17.7 Å². The van der Waals surface area contributed by atoms with Gasteiger partial charge in [0.1, 0.15) is 17.7 Å². The number of nitrogens with one attached hydrogen (secondary N) is 1. The van der Waals surface area contributed by atoms with Gasteiger partial charge in [-0.15, -0.1) is 22.7 Å². The predicted molar refractivity (Wildman–Crippen MR) is 91.9 cm³/mol. The molecule has 4 aromatic heterocycles. The molecule has 116 valence electrons. The van der Waals surface area contributed by atoms with Crippen molar-refractivity contribution in [3.8, 4) is 0 Å². The Bertz CT molecular complexity index is 866. The average molecular weight is 343 g/mol. The molecule has 4 aromatic rings. The summed E-state index contributed by atoms with van der Waals surface area (Å²) >= 11 is 3.08. The van der Waals surface area contributed by atoms with Crippen molar-refractivity contribution in [1.82, 2.24) is 9.97 Å². The highest BCUT2D eigenvalue weighted by molar-refractivity contribution is 7.17. The summed E-state index contributed by atoms with van der Waals surface area (Å²) in [4.78, 5) is 9.38. The Kier molecular flexibility index (Phi) is 3.60. The lowest BCUT2D eigenvalue weighted by molar-refractivity contribution is 0.0981. The maximum Gasteiger partial charge on any atom is 0.147 e. The summed E-state index contributed by atoms with van der Waals surface area (Å²) in [5.41, 5.74) is 0.440. The summed E-state index contributed by atoms with van der Waals surface area (Å²) in [5.74, 6) is 0.725. The first kappa shape index (κ1) is 14.4. The predicted octanol–water partition coefficient (Wildman–Crippen LogP) is 3.69. The molecule has 0 aromatic carbocycles. The molecule has 0 amide bonds. The molecule has 0 radical (unpaired) electrons. The smallest absolute Gasteiger partial charge is 0.147 e. The summed E-state index contributed by atoms with van der Waals surface area (Å²) in [6, 6.07) is 7.57. The molecule has 0 aliphatic heterocycles. The lowest BCUT2D eigenvalue weighted by Crippen LogP contribution is -2.34. The van der Waals surface area contributed by atoms with Gasteiger partial charge in [-0.2, -0.15) is 0 Å². The molecule has 1 unspecified atom stereocenters. The van der Waals surface area contributed by atoms with Crippen molar-refractivity contribution in [3.63, 3.8) is 0 Å². The SMILES string of the molecule is OC(CNc1ncnc2ccsc12)(c1ccoc1)c1cccs1. The van der Waals surface area contributed by atoms with Gasteiger partial charge in [0.25, 0.3) is 0 Å². The zero-order valence-electron chi connectivity index (χ0n) is 12.0. The zero-order valence-corrected chi connectivity index (χ0v) is 13.6. The molecule has 2 N–H and O–H groups in total. The molecular weight excluding hydrogens is 330 g/mol. The van der Waals surface area contributed by atoms with Gasteiger partial charge in [0.05, 0.1) is 29.3 Å². The van der Waals surface area contributed by atoms with Crippen molar-refractivity contribution >= 4 is 38.7 Å². The highest BCUT2D eigenvalue weighted by atomic mass is 32.1. The van der Waals surface area contributed by atoms with Crippen LogP contribution in [0.3, 0.4) is 0 Å². The Hall–Kier alpha value is -2.22. The number of hydrogen-bond acceptors (Lipinski definition) is 7.